The molecule has 0 radical (unpaired) electrons. The van der Waals surface area contributed by atoms with Crippen LogP contribution in [0.5, 0.6) is 0 Å². The molecule has 4 nitrogen and oxygen atoms in total. The van der Waals surface area contributed by atoms with Crippen LogP contribution in [0.25, 0.3) is 0 Å². The van der Waals surface area contributed by atoms with E-state index in [0.29, 0.717) is 6.54 Å². The normalized spacial score (nSPS) is 26.7. The number of aliphatic hydroxyl groups excluding tert-OH is 1. The largest absolute Gasteiger partial charge is 0.396 e. The van der Waals surface area contributed by atoms with Gasteiger partial charge in [0, 0.05) is 13.2 Å². The predicted octanol–water partition coefficient (Wildman–Crippen LogP) is 0.500. The molecule has 0 bridgehead atoms. The van der Waals surface area contributed by atoms with Gasteiger partial charge in [-0.1, -0.05) is 12.5 Å². The first-order valence-electron chi connectivity index (χ1n) is 5.28. The van der Waals surface area contributed by atoms with Crippen LogP contribution in [0.15, 0.2) is 12.7 Å². The van der Waals surface area contributed by atoms with Crippen LogP contribution in [0.2, 0.25) is 0 Å². The molecule has 1 fully saturated rings. The van der Waals surface area contributed by atoms with Gasteiger partial charge >= 0.3 is 0 Å². The minimum absolute atomic E-state index is 0.0382. The first-order valence-corrected chi connectivity index (χ1v) is 6.93. The van der Waals surface area contributed by atoms with Gasteiger partial charge in [0.1, 0.15) is 0 Å². The summed E-state index contributed by atoms with van der Waals surface area (Å²) in [6, 6.07) is 0. The lowest BCUT2D eigenvalue weighted by Gasteiger charge is -2.17. The van der Waals surface area contributed by atoms with E-state index in [1.807, 2.05) is 0 Å². The quantitative estimate of drug-likeness (QED) is 0.657. The molecule has 15 heavy (non-hydrogen) atoms. The van der Waals surface area contributed by atoms with Crippen molar-refractivity contribution in [1.29, 1.82) is 0 Å². The number of sulfonamides is 1. The Labute approximate surface area is 91.4 Å². The van der Waals surface area contributed by atoms with Crippen molar-refractivity contribution in [3.8, 4) is 0 Å². The standard InChI is InChI=1S/C10H19NO3S/c1-2-6-15(13,14)11-7-9-4-3-5-10(9)8-12/h2,9-12H,1,3-8H2. The van der Waals surface area contributed by atoms with Crippen molar-refractivity contribution in [1.82, 2.24) is 4.72 Å². The fourth-order valence-corrected chi connectivity index (χ4v) is 2.97. The summed E-state index contributed by atoms with van der Waals surface area (Å²) in [5, 5.41) is 9.08. The second kappa shape index (κ2) is 5.63. The summed E-state index contributed by atoms with van der Waals surface area (Å²) in [5.41, 5.74) is 0. The Morgan fingerprint density at radius 2 is 2.07 bits per heavy atom. The molecule has 1 saturated carbocycles. The molecule has 2 N–H and O–H groups in total. The Morgan fingerprint density at radius 1 is 1.40 bits per heavy atom. The van der Waals surface area contributed by atoms with Gasteiger partial charge < -0.3 is 5.11 Å². The first kappa shape index (κ1) is 12.7. The highest BCUT2D eigenvalue weighted by Gasteiger charge is 2.27. The van der Waals surface area contributed by atoms with Crippen LogP contribution in [0.3, 0.4) is 0 Å². The lowest BCUT2D eigenvalue weighted by atomic mass is 9.97. The highest BCUT2D eigenvalue weighted by molar-refractivity contribution is 7.89. The highest BCUT2D eigenvalue weighted by atomic mass is 32.2. The van der Waals surface area contributed by atoms with Crippen molar-refractivity contribution in [3.05, 3.63) is 12.7 Å². The maximum atomic E-state index is 11.3. The summed E-state index contributed by atoms with van der Waals surface area (Å²) in [6.45, 7) is 4.00. The molecule has 1 aliphatic carbocycles. The second-order valence-electron chi connectivity index (χ2n) is 4.05. The fraction of sp³-hybridized carbons (Fsp3) is 0.800. The van der Waals surface area contributed by atoms with Crippen LogP contribution in [0, 0.1) is 11.8 Å². The molecule has 0 aromatic rings. The van der Waals surface area contributed by atoms with Crippen LogP contribution in [0.1, 0.15) is 19.3 Å². The van der Waals surface area contributed by atoms with Crippen molar-refractivity contribution in [3.63, 3.8) is 0 Å². The third-order valence-electron chi connectivity index (χ3n) is 2.95. The average Bonchev–Trinajstić information content (AvgIpc) is 2.62. The number of hydrogen-bond donors (Lipinski definition) is 2. The molecule has 2 atom stereocenters. The number of aliphatic hydroxyl groups is 1. The monoisotopic (exact) mass is 233 g/mol. The maximum Gasteiger partial charge on any atom is 0.215 e. The van der Waals surface area contributed by atoms with Crippen molar-refractivity contribution in [2.24, 2.45) is 11.8 Å². The van der Waals surface area contributed by atoms with Gasteiger partial charge in [0.2, 0.25) is 10.0 Å². The fourth-order valence-electron chi connectivity index (χ4n) is 2.07. The van der Waals surface area contributed by atoms with E-state index in [-0.39, 0.29) is 24.2 Å². The van der Waals surface area contributed by atoms with Crippen molar-refractivity contribution >= 4 is 10.0 Å². The Bertz CT molecular complexity index is 300. The van der Waals surface area contributed by atoms with Gasteiger partial charge in [-0.15, -0.1) is 6.58 Å². The third-order valence-corrected chi connectivity index (χ3v) is 4.23. The molecule has 0 aromatic heterocycles. The summed E-state index contributed by atoms with van der Waals surface area (Å²) in [5.74, 6) is 0.509. The lowest BCUT2D eigenvalue weighted by Crippen LogP contribution is -2.32. The van der Waals surface area contributed by atoms with E-state index in [1.54, 1.807) is 0 Å². The summed E-state index contributed by atoms with van der Waals surface area (Å²) < 4.78 is 25.2. The van der Waals surface area contributed by atoms with Crippen LogP contribution in [-0.2, 0) is 10.0 Å². The third kappa shape index (κ3) is 3.93. The van der Waals surface area contributed by atoms with E-state index < -0.39 is 10.0 Å². The van der Waals surface area contributed by atoms with Crippen LogP contribution in [0.4, 0.5) is 0 Å². The highest BCUT2D eigenvalue weighted by Crippen LogP contribution is 2.30. The summed E-state index contributed by atoms with van der Waals surface area (Å²) in [7, 11) is -3.20. The molecule has 1 rings (SSSR count). The molecule has 88 valence electrons. The smallest absolute Gasteiger partial charge is 0.215 e. The molecular weight excluding hydrogens is 214 g/mol. The zero-order chi connectivity index (χ0) is 11.3. The van der Waals surface area contributed by atoms with E-state index >= 15 is 0 Å². The minimum atomic E-state index is -3.20. The topological polar surface area (TPSA) is 66.4 Å². The van der Waals surface area contributed by atoms with Gasteiger partial charge in [-0.05, 0) is 24.7 Å². The SMILES string of the molecule is C=CCS(=O)(=O)NCC1CCCC1CO. The molecule has 1 aliphatic rings. The molecule has 0 heterocycles. The maximum absolute atomic E-state index is 11.3. The Hall–Kier alpha value is -0.390. The Morgan fingerprint density at radius 3 is 2.67 bits per heavy atom. The summed E-state index contributed by atoms with van der Waals surface area (Å²) in [6.07, 6.45) is 4.46. The average molecular weight is 233 g/mol. The lowest BCUT2D eigenvalue weighted by molar-refractivity contribution is 0.195. The molecule has 2 unspecified atom stereocenters. The van der Waals surface area contributed by atoms with Gasteiger partial charge in [0.15, 0.2) is 0 Å². The van der Waals surface area contributed by atoms with E-state index in [2.05, 4.69) is 11.3 Å². The second-order valence-corrected chi connectivity index (χ2v) is 5.90. The first-order chi connectivity index (χ1) is 7.09. The van der Waals surface area contributed by atoms with Gasteiger partial charge in [0.25, 0.3) is 0 Å². The van der Waals surface area contributed by atoms with Gasteiger partial charge in [-0.2, -0.15) is 0 Å². The van der Waals surface area contributed by atoms with E-state index in [0.717, 1.165) is 19.3 Å². The molecule has 0 saturated heterocycles. The zero-order valence-electron chi connectivity index (χ0n) is 8.85. The number of rotatable bonds is 6. The van der Waals surface area contributed by atoms with Crippen molar-refractivity contribution in [2.75, 3.05) is 18.9 Å². The molecule has 0 aromatic carbocycles. The zero-order valence-corrected chi connectivity index (χ0v) is 9.67. The van der Waals surface area contributed by atoms with Gasteiger partial charge in [-0.25, -0.2) is 13.1 Å². The Kier molecular flexibility index (Phi) is 4.76. The van der Waals surface area contributed by atoms with Crippen molar-refractivity contribution < 1.29 is 13.5 Å². The Balaban J connectivity index is 2.39. The van der Waals surface area contributed by atoms with E-state index in [1.165, 1.54) is 6.08 Å². The van der Waals surface area contributed by atoms with Crippen LogP contribution in [-0.4, -0.2) is 32.4 Å². The predicted molar refractivity (Wildman–Crippen MR) is 59.9 cm³/mol. The number of hydrogen-bond acceptors (Lipinski definition) is 3. The van der Waals surface area contributed by atoms with Gasteiger partial charge in [0.05, 0.1) is 5.75 Å². The van der Waals surface area contributed by atoms with Crippen molar-refractivity contribution in [2.45, 2.75) is 19.3 Å². The molecule has 0 amide bonds. The molecule has 0 aliphatic heterocycles. The minimum Gasteiger partial charge on any atom is -0.396 e. The van der Waals surface area contributed by atoms with Crippen LogP contribution >= 0.6 is 0 Å². The molecular formula is C10H19NO3S. The summed E-state index contributed by atoms with van der Waals surface area (Å²) in [4.78, 5) is 0. The molecule has 0 spiro atoms. The van der Waals surface area contributed by atoms with E-state index in [9.17, 15) is 8.42 Å². The number of nitrogens with one attached hydrogen (secondary N) is 1. The molecule has 5 heteroatoms. The van der Waals surface area contributed by atoms with Crippen LogP contribution < -0.4 is 4.72 Å². The van der Waals surface area contributed by atoms with Gasteiger partial charge in [-0.3, -0.25) is 0 Å². The summed E-state index contributed by atoms with van der Waals surface area (Å²) >= 11 is 0. The van der Waals surface area contributed by atoms with E-state index in [4.69, 9.17) is 5.11 Å².